The van der Waals surface area contributed by atoms with E-state index < -0.39 is 12.0 Å². The Morgan fingerprint density at radius 1 is 1.00 bits per heavy atom. The van der Waals surface area contributed by atoms with Gasteiger partial charge < -0.3 is 14.2 Å². The quantitative estimate of drug-likeness (QED) is 0.191. The molecule has 0 spiro atoms. The number of hydrogen-bond donors (Lipinski definition) is 0. The summed E-state index contributed by atoms with van der Waals surface area (Å²) in [6, 6.07) is 20.3. The number of carbonyl (C=O) groups excluding carboxylic acids is 1. The predicted molar refractivity (Wildman–Crippen MR) is 171 cm³/mol. The number of benzene rings is 3. The highest BCUT2D eigenvalue weighted by atomic mass is 79.9. The van der Waals surface area contributed by atoms with Crippen molar-refractivity contribution in [2.24, 2.45) is 4.99 Å². The minimum Gasteiger partial charge on any atom is -0.494 e. The van der Waals surface area contributed by atoms with Gasteiger partial charge in [0.1, 0.15) is 24.1 Å². The molecule has 0 saturated heterocycles. The maximum atomic E-state index is 14.0. The molecule has 5 rings (SSSR count). The normalized spacial score (nSPS) is 14.8. The first-order valence-corrected chi connectivity index (χ1v) is 15.8. The summed E-state index contributed by atoms with van der Waals surface area (Å²) < 4.78 is 21.1. The van der Waals surface area contributed by atoms with E-state index >= 15 is 0 Å². The molecular weight excluding hydrogens is 684 g/mol. The number of carbonyl (C=O) groups is 1. The molecule has 0 N–H and O–H groups in total. The van der Waals surface area contributed by atoms with Gasteiger partial charge in [-0.2, -0.15) is 0 Å². The van der Waals surface area contributed by atoms with Crippen LogP contribution in [0.4, 0.5) is 0 Å². The molecule has 4 aromatic rings. The number of rotatable bonds is 9. The summed E-state index contributed by atoms with van der Waals surface area (Å²) in [5.41, 5.74) is 3.13. The SMILES string of the molecule is CCOC(=O)C1=C(C)N=c2s/c(=C\c3ccc(OCc4ccc(Br)cc4)c(Br)c3)c(=O)n2[C@@H]1c1ccccc1OCC. The van der Waals surface area contributed by atoms with Crippen molar-refractivity contribution in [3.63, 3.8) is 0 Å². The van der Waals surface area contributed by atoms with Crippen molar-refractivity contribution >= 4 is 55.2 Å². The summed E-state index contributed by atoms with van der Waals surface area (Å²) in [5, 5.41) is 0. The van der Waals surface area contributed by atoms with Crippen LogP contribution in [0.15, 0.2) is 96.7 Å². The largest absolute Gasteiger partial charge is 0.494 e. The lowest BCUT2D eigenvalue weighted by atomic mass is 9.95. The third-order valence-electron chi connectivity index (χ3n) is 6.59. The lowest BCUT2D eigenvalue weighted by Gasteiger charge is -2.26. The summed E-state index contributed by atoms with van der Waals surface area (Å²) in [7, 11) is 0. The summed E-state index contributed by atoms with van der Waals surface area (Å²) in [5.74, 6) is 0.782. The van der Waals surface area contributed by atoms with Crippen LogP contribution in [-0.4, -0.2) is 23.8 Å². The second-order valence-electron chi connectivity index (χ2n) is 9.38. The first-order valence-electron chi connectivity index (χ1n) is 13.4. The third kappa shape index (κ3) is 6.30. The lowest BCUT2D eigenvalue weighted by Crippen LogP contribution is -2.40. The number of nitrogens with zero attached hydrogens (tertiary/aromatic N) is 2. The molecule has 0 fully saturated rings. The van der Waals surface area contributed by atoms with E-state index in [0.29, 0.717) is 50.9 Å². The fourth-order valence-electron chi connectivity index (χ4n) is 4.70. The average Bonchev–Trinajstić information content (AvgIpc) is 3.27. The Morgan fingerprint density at radius 2 is 1.76 bits per heavy atom. The average molecular weight is 712 g/mol. The Kier molecular flexibility index (Phi) is 9.45. The predicted octanol–water partition coefficient (Wildman–Crippen LogP) is 6.30. The number of allylic oxidation sites excluding steroid dienone is 1. The second-order valence-corrected chi connectivity index (χ2v) is 12.2. The van der Waals surface area contributed by atoms with Gasteiger partial charge in [0.05, 0.1) is 33.5 Å². The van der Waals surface area contributed by atoms with E-state index in [-0.39, 0.29) is 12.2 Å². The van der Waals surface area contributed by atoms with Gasteiger partial charge in [-0.15, -0.1) is 0 Å². The first kappa shape index (κ1) is 30.0. The van der Waals surface area contributed by atoms with Crippen LogP contribution in [0.5, 0.6) is 11.5 Å². The van der Waals surface area contributed by atoms with Crippen LogP contribution in [0, 0.1) is 0 Å². The van der Waals surface area contributed by atoms with Crippen molar-refractivity contribution in [2.45, 2.75) is 33.4 Å². The van der Waals surface area contributed by atoms with Crippen molar-refractivity contribution in [3.05, 3.63) is 123 Å². The van der Waals surface area contributed by atoms with Gasteiger partial charge >= 0.3 is 5.97 Å². The summed E-state index contributed by atoms with van der Waals surface area (Å²) in [6.07, 6.45) is 1.82. The molecule has 0 aliphatic carbocycles. The first-order chi connectivity index (χ1) is 20.3. The van der Waals surface area contributed by atoms with E-state index in [1.807, 2.05) is 79.7 Å². The molecule has 1 aliphatic rings. The number of hydrogen-bond acceptors (Lipinski definition) is 7. The maximum Gasteiger partial charge on any atom is 0.338 e. The minimum atomic E-state index is -0.744. The van der Waals surface area contributed by atoms with Gasteiger partial charge in [-0.05, 0) is 84.2 Å². The fraction of sp³-hybridized carbons (Fsp3) is 0.219. The van der Waals surface area contributed by atoms with Crippen LogP contribution in [0.3, 0.4) is 0 Å². The van der Waals surface area contributed by atoms with E-state index in [1.54, 1.807) is 18.4 Å². The molecule has 2 heterocycles. The number of aromatic nitrogens is 1. The maximum absolute atomic E-state index is 14.0. The Labute approximate surface area is 264 Å². The third-order valence-corrected chi connectivity index (χ3v) is 8.72. The molecule has 0 radical (unpaired) electrons. The number of thiazole rings is 1. The lowest BCUT2D eigenvalue weighted by molar-refractivity contribution is -0.139. The van der Waals surface area contributed by atoms with Crippen molar-refractivity contribution < 1.29 is 19.0 Å². The molecular formula is C32H28Br2N2O5S. The van der Waals surface area contributed by atoms with Crippen LogP contribution in [-0.2, 0) is 16.1 Å². The van der Waals surface area contributed by atoms with Crippen molar-refractivity contribution in [1.82, 2.24) is 4.57 Å². The molecule has 3 aromatic carbocycles. The smallest absolute Gasteiger partial charge is 0.338 e. The van der Waals surface area contributed by atoms with E-state index in [1.165, 1.54) is 11.3 Å². The molecule has 7 nitrogen and oxygen atoms in total. The van der Waals surface area contributed by atoms with Crippen LogP contribution >= 0.6 is 43.2 Å². The zero-order valence-electron chi connectivity index (χ0n) is 23.2. The zero-order valence-corrected chi connectivity index (χ0v) is 27.2. The molecule has 0 unspecified atom stereocenters. The van der Waals surface area contributed by atoms with Crippen LogP contribution in [0.25, 0.3) is 6.08 Å². The molecule has 1 aliphatic heterocycles. The Morgan fingerprint density at radius 3 is 2.48 bits per heavy atom. The molecule has 0 amide bonds. The van der Waals surface area contributed by atoms with Gasteiger partial charge in [0.25, 0.3) is 5.56 Å². The molecule has 42 heavy (non-hydrogen) atoms. The highest BCUT2D eigenvalue weighted by molar-refractivity contribution is 9.10. The molecule has 10 heteroatoms. The van der Waals surface area contributed by atoms with Crippen molar-refractivity contribution in [3.8, 4) is 11.5 Å². The minimum absolute atomic E-state index is 0.206. The van der Waals surface area contributed by atoms with E-state index in [0.717, 1.165) is 20.1 Å². The Hall–Kier alpha value is -3.47. The van der Waals surface area contributed by atoms with Crippen LogP contribution in [0.2, 0.25) is 0 Å². The Bertz CT molecular complexity index is 1840. The number of para-hydroxylation sites is 1. The van der Waals surface area contributed by atoms with Gasteiger partial charge in [-0.1, -0.05) is 63.7 Å². The van der Waals surface area contributed by atoms with E-state index in [2.05, 4.69) is 36.9 Å². The molecule has 0 bridgehead atoms. The standard InChI is InChI=1S/C32H28Br2N2O5S/c1-4-39-25-9-7-6-8-23(25)29-28(31(38)40-5-2)19(3)35-32-36(29)30(37)27(42-32)17-21-12-15-26(24(34)16-21)41-18-20-10-13-22(33)14-11-20/h6-17,29H,4-5,18H2,1-3H3/b27-17-/t29-/m1/s1. The van der Waals surface area contributed by atoms with Crippen LogP contribution in [0.1, 0.15) is 43.5 Å². The highest BCUT2D eigenvalue weighted by Crippen LogP contribution is 2.36. The molecule has 0 saturated carbocycles. The van der Waals surface area contributed by atoms with Crippen LogP contribution < -0.4 is 24.4 Å². The number of esters is 1. The monoisotopic (exact) mass is 710 g/mol. The van der Waals surface area contributed by atoms with Crippen molar-refractivity contribution in [1.29, 1.82) is 0 Å². The second kappa shape index (κ2) is 13.2. The van der Waals surface area contributed by atoms with E-state index in [9.17, 15) is 9.59 Å². The van der Waals surface area contributed by atoms with Gasteiger partial charge in [0.15, 0.2) is 4.80 Å². The molecule has 1 atom stereocenters. The molecule has 1 aromatic heterocycles. The topological polar surface area (TPSA) is 79.1 Å². The van der Waals surface area contributed by atoms with E-state index in [4.69, 9.17) is 14.2 Å². The van der Waals surface area contributed by atoms with Gasteiger partial charge in [-0.3, -0.25) is 9.36 Å². The summed E-state index contributed by atoms with van der Waals surface area (Å²) >= 11 is 8.33. The summed E-state index contributed by atoms with van der Waals surface area (Å²) in [6.45, 7) is 6.48. The highest BCUT2D eigenvalue weighted by Gasteiger charge is 2.35. The number of ether oxygens (including phenoxy) is 3. The number of fused-ring (bicyclic) bond motifs is 1. The van der Waals surface area contributed by atoms with Gasteiger partial charge in [0, 0.05) is 10.0 Å². The van der Waals surface area contributed by atoms with Gasteiger partial charge in [-0.25, -0.2) is 9.79 Å². The zero-order chi connectivity index (χ0) is 29.8. The Balaban J connectivity index is 1.54. The number of halogens is 2. The fourth-order valence-corrected chi connectivity index (χ4v) is 6.52. The van der Waals surface area contributed by atoms with Crippen molar-refractivity contribution in [2.75, 3.05) is 13.2 Å². The van der Waals surface area contributed by atoms with Gasteiger partial charge in [0.2, 0.25) is 0 Å². The summed E-state index contributed by atoms with van der Waals surface area (Å²) in [4.78, 5) is 32.3. The molecule has 216 valence electrons.